The number of aryl methyl sites for hydroxylation is 1. The number of hydrogen-bond donors (Lipinski definition) is 1. The van der Waals surface area contributed by atoms with Gasteiger partial charge in [0.25, 0.3) is 0 Å². The zero-order valence-corrected chi connectivity index (χ0v) is 22.5. The molecule has 2 heterocycles. The van der Waals surface area contributed by atoms with Crippen LogP contribution in [0, 0.1) is 18.3 Å². The number of benzene rings is 2. The van der Waals surface area contributed by atoms with E-state index in [0.717, 1.165) is 48.0 Å². The van der Waals surface area contributed by atoms with Crippen molar-refractivity contribution in [3.05, 3.63) is 59.8 Å². The van der Waals surface area contributed by atoms with E-state index in [0.29, 0.717) is 24.7 Å². The van der Waals surface area contributed by atoms with Gasteiger partial charge in [-0.05, 0) is 84.5 Å². The van der Waals surface area contributed by atoms with Gasteiger partial charge < -0.3 is 14.7 Å². The van der Waals surface area contributed by atoms with Gasteiger partial charge in [-0.3, -0.25) is 9.69 Å². The van der Waals surface area contributed by atoms with Crippen LogP contribution < -0.4 is 14.5 Å². The molecule has 1 aliphatic rings. The molecule has 0 bridgehead atoms. The highest BCUT2D eigenvalue weighted by molar-refractivity contribution is 6.04. The van der Waals surface area contributed by atoms with Gasteiger partial charge in [-0.25, -0.2) is 9.78 Å². The summed E-state index contributed by atoms with van der Waals surface area (Å²) in [6, 6.07) is 13.1. The van der Waals surface area contributed by atoms with E-state index in [2.05, 4.69) is 49.7 Å². The molecule has 7 heteroatoms. The second-order valence-electron chi connectivity index (χ2n) is 11.2. The summed E-state index contributed by atoms with van der Waals surface area (Å²) in [5.74, 6) is 0.916. The number of nitrogens with zero attached hydrogens (tertiary/aromatic N) is 3. The number of hydrogen-bond acceptors (Lipinski definition) is 5. The van der Waals surface area contributed by atoms with Gasteiger partial charge in [0.15, 0.2) is 0 Å². The fourth-order valence-electron chi connectivity index (χ4n) is 5.06. The molecule has 0 unspecified atom stereocenters. The molecular weight excluding hydrogens is 466 g/mol. The van der Waals surface area contributed by atoms with Crippen molar-refractivity contribution < 1.29 is 19.4 Å². The molecule has 1 fully saturated rings. The van der Waals surface area contributed by atoms with Crippen LogP contribution in [0.3, 0.4) is 0 Å². The number of aromatic nitrogens is 1. The van der Waals surface area contributed by atoms with Crippen LogP contribution in [0.2, 0.25) is 0 Å². The van der Waals surface area contributed by atoms with Crippen molar-refractivity contribution in [3.63, 3.8) is 0 Å². The molecule has 1 aliphatic heterocycles. The minimum absolute atomic E-state index is 0.0445. The SMILES string of the molecule is COc1ccc(N2CCC(CN(C(=O)CC(C)(C)C)c3nccc4cc(C(=O)O)ccc34)CC2)cc1C. The molecule has 0 aliphatic carbocycles. The summed E-state index contributed by atoms with van der Waals surface area (Å²) >= 11 is 0. The van der Waals surface area contributed by atoms with Crippen molar-refractivity contribution in [2.24, 2.45) is 11.3 Å². The molecule has 0 spiro atoms. The number of fused-ring (bicyclic) bond motifs is 1. The van der Waals surface area contributed by atoms with Gasteiger partial charge in [-0.1, -0.05) is 20.8 Å². The third kappa shape index (κ3) is 6.21. The summed E-state index contributed by atoms with van der Waals surface area (Å²) in [6.07, 6.45) is 4.01. The number of carbonyl (C=O) groups excluding carboxylic acids is 1. The fraction of sp³-hybridized carbons (Fsp3) is 0.433. The number of rotatable bonds is 7. The van der Waals surface area contributed by atoms with E-state index in [1.54, 1.807) is 37.6 Å². The summed E-state index contributed by atoms with van der Waals surface area (Å²) in [6.45, 7) is 10.7. The van der Waals surface area contributed by atoms with E-state index < -0.39 is 5.97 Å². The van der Waals surface area contributed by atoms with E-state index in [1.165, 1.54) is 5.69 Å². The first-order chi connectivity index (χ1) is 17.6. The lowest BCUT2D eigenvalue weighted by Crippen LogP contribution is -2.42. The van der Waals surface area contributed by atoms with Gasteiger partial charge in [-0.15, -0.1) is 0 Å². The lowest BCUT2D eigenvalue weighted by atomic mass is 9.90. The molecule has 0 atom stereocenters. The van der Waals surface area contributed by atoms with Gasteiger partial charge >= 0.3 is 5.97 Å². The summed E-state index contributed by atoms with van der Waals surface area (Å²) in [5.41, 5.74) is 2.38. The fourth-order valence-corrected chi connectivity index (χ4v) is 5.06. The highest BCUT2D eigenvalue weighted by Crippen LogP contribution is 2.32. The number of pyridine rings is 1. The summed E-state index contributed by atoms with van der Waals surface area (Å²) in [4.78, 5) is 33.9. The van der Waals surface area contributed by atoms with Gasteiger partial charge in [0.2, 0.25) is 5.91 Å². The van der Waals surface area contributed by atoms with Crippen molar-refractivity contribution in [3.8, 4) is 5.75 Å². The highest BCUT2D eigenvalue weighted by Gasteiger charge is 2.29. The Morgan fingerprint density at radius 3 is 2.46 bits per heavy atom. The maximum absolute atomic E-state index is 13.6. The summed E-state index contributed by atoms with van der Waals surface area (Å²) in [5, 5.41) is 11.0. The van der Waals surface area contributed by atoms with Crippen molar-refractivity contribution in [2.45, 2.75) is 47.0 Å². The topological polar surface area (TPSA) is 83.0 Å². The van der Waals surface area contributed by atoms with Crippen LogP contribution in [0.15, 0.2) is 48.7 Å². The van der Waals surface area contributed by atoms with Gasteiger partial charge in [-0.2, -0.15) is 0 Å². The second-order valence-corrected chi connectivity index (χ2v) is 11.2. The van der Waals surface area contributed by atoms with E-state index in [4.69, 9.17) is 4.74 Å². The predicted octanol–water partition coefficient (Wildman–Crippen LogP) is 5.94. The van der Waals surface area contributed by atoms with Crippen LogP contribution in [0.1, 0.15) is 56.0 Å². The maximum atomic E-state index is 13.6. The molecule has 1 saturated heterocycles. The lowest BCUT2D eigenvalue weighted by Gasteiger charge is -2.36. The van der Waals surface area contributed by atoms with Crippen LogP contribution >= 0.6 is 0 Å². The Morgan fingerprint density at radius 1 is 1.11 bits per heavy atom. The zero-order valence-electron chi connectivity index (χ0n) is 22.5. The molecule has 2 aromatic carbocycles. The van der Waals surface area contributed by atoms with Gasteiger partial charge in [0.1, 0.15) is 11.6 Å². The zero-order chi connectivity index (χ0) is 26.7. The molecule has 7 nitrogen and oxygen atoms in total. The Kier molecular flexibility index (Phi) is 7.71. The number of anilines is 2. The summed E-state index contributed by atoms with van der Waals surface area (Å²) < 4.78 is 5.40. The van der Waals surface area contributed by atoms with E-state index in [-0.39, 0.29) is 16.9 Å². The molecule has 4 rings (SSSR count). The molecule has 196 valence electrons. The van der Waals surface area contributed by atoms with Gasteiger partial charge in [0.05, 0.1) is 12.7 Å². The molecule has 1 N–H and O–H groups in total. The first-order valence-corrected chi connectivity index (χ1v) is 12.9. The molecular formula is C30H37N3O4. The van der Waals surface area contributed by atoms with E-state index in [9.17, 15) is 14.7 Å². The Hall–Kier alpha value is -3.61. The van der Waals surface area contributed by atoms with E-state index in [1.807, 2.05) is 11.0 Å². The number of carboxylic acids is 1. The number of ether oxygens (including phenoxy) is 1. The number of piperidine rings is 1. The van der Waals surface area contributed by atoms with Crippen LogP contribution in [0.4, 0.5) is 11.5 Å². The van der Waals surface area contributed by atoms with Crippen molar-refractivity contribution in [2.75, 3.05) is 36.5 Å². The van der Waals surface area contributed by atoms with Crippen LogP contribution in [0.5, 0.6) is 5.75 Å². The van der Waals surface area contributed by atoms with Crippen molar-refractivity contribution >= 4 is 34.2 Å². The molecule has 1 aromatic heterocycles. The van der Waals surface area contributed by atoms with Crippen LogP contribution in [-0.4, -0.2) is 48.7 Å². The van der Waals surface area contributed by atoms with Crippen molar-refractivity contribution in [1.29, 1.82) is 0 Å². The Bertz CT molecular complexity index is 1290. The average molecular weight is 504 g/mol. The summed E-state index contributed by atoms with van der Waals surface area (Å²) in [7, 11) is 1.69. The first kappa shape index (κ1) is 26.5. The maximum Gasteiger partial charge on any atom is 0.335 e. The van der Waals surface area contributed by atoms with E-state index >= 15 is 0 Å². The number of aromatic carboxylic acids is 1. The second kappa shape index (κ2) is 10.8. The van der Waals surface area contributed by atoms with Crippen LogP contribution in [-0.2, 0) is 4.79 Å². The Labute approximate surface area is 219 Å². The van der Waals surface area contributed by atoms with Gasteiger partial charge in [0, 0.05) is 43.3 Å². The third-order valence-electron chi connectivity index (χ3n) is 7.03. The number of carbonyl (C=O) groups is 2. The smallest absolute Gasteiger partial charge is 0.335 e. The minimum atomic E-state index is -0.972. The number of amides is 1. The quantitative estimate of drug-likeness (QED) is 0.430. The lowest BCUT2D eigenvalue weighted by molar-refractivity contribution is -0.120. The Morgan fingerprint density at radius 2 is 1.84 bits per heavy atom. The molecule has 0 radical (unpaired) electrons. The predicted molar refractivity (Wildman–Crippen MR) is 148 cm³/mol. The molecule has 1 amide bonds. The third-order valence-corrected chi connectivity index (χ3v) is 7.03. The average Bonchev–Trinajstić information content (AvgIpc) is 2.86. The Balaban J connectivity index is 1.56. The number of methoxy groups -OCH3 is 1. The standard InChI is InChI=1S/C30H37N3O4/c1-20-16-24(7-9-26(20)37-5)32-14-11-21(12-15-32)19-33(27(34)18-30(2,3)4)28-25-8-6-23(29(35)36)17-22(25)10-13-31-28/h6-10,13,16-17,21H,11-12,14-15,18-19H2,1-5H3,(H,35,36). The monoisotopic (exact) mass is 503 g/mol. The van der Waals surface area contributed by atoms with Crippen LogP contribution in [0.25, 0.3) is 10.8 Å². The molecule has 0 saturated carbocycles. The molecule has 3 aromatic rings. The largest absolute Gasteiger partial charge is 0.496 e. The minimum Gasteiger partial charge on any atom is -0.496 e. The van der Waals surface area contributed by atoms with Crippen molar-refractivity contribution in [1.82, 2.24) is 4.98 Å². The highest BCUT2D eigenvalue weighted by atomic mass is 16.5. The normalized spacial score (nSPS) is 14.6. The first-order valence-electron chi connectivity index (χ1n) is 12.9. The molecule has 37 heavy (non-hydrogen) atoms. The number of carboxylic acid groups (broad SMARTS) is 1.